The second-order valence-corrected chi connectivity index (χ2v) is 5.83. The molecule has 0 unspecified atom stereocenters. The lowest BCUT2D eigenvalue weighted by Gasteiger charge is -2.35. The number of aliphatic hydroxyl groups is 1. The predicted molar refractivity (Wildman–Crippen MR) is 74.4 cm³/mol. The van der Waals surface area contributed by atoms with Crippen LogP contribution in [0.15, 0.2) is 18.2 Å². The summed E-state index contributed by atoms with van der Waals surface area (Å²) in [5, 5.41) is 11.7. The van der Waals surface area contributed by atoms with Gasteiger partial charge in [-0.2, -0.15) is 0 Å². The maximum atomic E-state index is 10.6. The zero-order valence-electron chi connectivity index (χ0n) is 10.5. The van der Waals surface area contributed by atoms with E-state index in [1.807, 2.05) is 12.1 Å². The van der Waals surface area contributed by atoms with Crippen LogP contribution in [0.5, 0.6) is 0 Å². The Balaban J connectivity index is 2.07. The van der Waals surface area contributed by atoms with E-state index in [0.717, 1.165) is 31.2 Å². The van der Waals surface area contributed by atoms with Crippen LogP contribution in [0.25, 0.3) is 0 Å². The summed E-state index contributed by atoms with van der Waals surface area (Å²) in [5.41, 5.74) is 0.242. The first kappa shape index (κ1) is 14.1. The van der Waals surface area contributed by atoms with Crippen molar-refractivity contribution in [1.29, 1.82) is 0 Å². The minimum atomic E-state index is -0.677. The summed E-state index contributed by atoms with van der Waals surface area (Å²) in [5.74, 6) is 0. The normalized spacial score (nSPS) is 28.3. The zero-order chi connectivity index (χ0) is 13.2. The lowest BCUT2D eigenvalue weighted by molar-refractivity contribution is -0.0427. The van der Waals surface area contributed by atoms with E-state index in [4.69, 9.17) is 27.9 Å². The van der Waals surface area contributed by atoms with Gasteiger partial charge in [0.05, 0.1) is 21.8 Å². The number of ether oxygens (including phenoxy) is 1. The molecule has 18 heavy (non-hydrogen) atoms. The van der Waals surface area contributed by atoms with E-state index in [1.54, 1.807) is 13.2 Å². The largest absolute Gasteiger partial charge is 0.390 e. The van der Waals surface area contributed by atoms with Gasteiger partial charge in [0.2, 0.25) is 0 Å². The lowest BCUT2D eigenvalue weighted by atomic mass is 9.79. The van der Waals surface area contributed by atoms with Gasteiger partial charge in [-0.15, -0.1) is 0 Å². The second-order valence-electron chi connectivity index (χ2n) is 5.05. The highest BCUT2D eigenvalue weighted by Gasteiger charge is 2.33. The third kappa shape index (κ3) is 3.18. The van der Waals surface area contributed by atoms with Crippen LogP contribution in [-0.2, 0) is 11.2 Å². The van der Waals surface area contributed by atoms with Gasteiger partial charge in [-0.3, -0.25) is 0 Å². The Bertz CT molecular complexity index is 412. The maximum absolute atomic E-state index is 10.6. The van der Waals surface area contributed by atoms with Crippen molar-refractivity contribution in [3.8, 4) is 0 Å². The molecule has 0 saturated heterocycles. The molecule has 1 aliphatic rings. The molecule has 2 rings (SSSR count). The smallest absolute Gasteiger partial charge is 0.0690 e. The molecule has 0 atom stereocenters. The quantitative estimate of drug-likeness (QED) is 0.915. The van der Waals surface area contributed by atoms with Crippen LogP contribution < -0.4 is 0 Å². The fourth-order valence-electron chi connectivity index (χ4n) is 2.58. The lowest BCUT2D eigenvalue weighted by Crippen LogP contribution is -2.38. The molecule has 100 valence electrons. The van der Waals surface area contributed by atoms with Crippen molar-refractivity contribution in [2.75, 3.05) is 7.11 Å². The molecule has 1 N–H and O–H groups in total. The third-order valence-corrected chi connectivity index (χ3v) is 4.61. The van der Waals surface area contributed by atoms with Crippen LogP contribution in [-0.4, -0.2) is 23.9 Å². The summed E-state index contributed by atoms with van der Waals surface area (Å²) >= 11 is 12.2. The molecule has 0 aliphatic heterocycles. The Morgan fingerprint density at radius 2 is 2.00 bits per heavy atom. The predicted octanol–water partition coefficient (Wildman–Crippen LogP) is 3.86. The minimum absolute atomic E-state index is 0.278. The van der Waals surface area contributed by atoms with Crippen molar-refractivity contribution >= 4 is 23.2 Å². The third-order valence-electron chi connectivity index (χ3n) is 3.75. The number of benzene rings is 1. The molecule has 1 aromatic carbocycles. The monoisotopic (exact) mass is 288 g/mol. The molecular weight excluding hydrogens is 271 g/mol. The number of hydrogen-bond acceptors (Lipinski definition) is 2. The average Bonchev–Trinajstić information content (AvgIpc) is 2.36. The van der Waals surface area contributed by atoms with Gasteiger partial charge in [-0.05, 0) is 37.3 Å². The number of rotatable bonds is 3. The highest BCUT2D eigenvalue weighted by Crippen LogP contribution is 2.35. The van der Waals surface area contributed by atoms with Gasteiger partial charge in [0.25, 0.3) is 0 Å². The van der Waals surface area contributed by atoms with E-state index in [9.17, 15) is 5.11 Å². The molecule has 0 heterocycles. The molecule has 1 saturated carbocycles. The molecule has 2 nitrogen and oxygen atoms in total. The summed E-state index contributed by atoms with van der Waals surface area (Å²) in [6, 6.07) is 5.56. The number of methoxy groups -OCH3 is 1. The highest BCUT2D eigenvalue weighted by molar-refractivity contribution is 6.42. The molecule has 0 aromatic heterocycles. The molecule has 0 bridgehead atoms. The van der Waals surface area contributed by atoms with Crippen molar-refractivity contribution in [1.82, 2.24) is 0 Å². The number of halogens is 2. The summed E-state index contributed by atoms with van der Waals surface area (Å²) < 4.78 is 5.32. The molecule has 1 aromatic rings. The fourth-order valence-corrected chi connectivity index (χ4v) is 2.97. The molecule has 0 radical (unpaired) electrons. The molecule has 4 heteroatoms. The van der Waals surface area contributed by atoms with Gasteiger partial charge in [0, 0.05) is 13.5 Å². The van der Waals surface area contributed by atoms with Crippen LogP contribution in [0.4, 0.5) is 0 Å². The summed E-state index contributed by atoms with van der Waals surface area (Å²) in [6.45, 7) is 0. The molecular formula is C14H18Cl2O2. The molecule has 0 amide bonds. The van der Waals surface area contributed by atoms with E-state index >= 15 is 0 Å². The Labute approximate surface area is 118 Å². The topological polar surface area (TPSA) is 29.5 Å². The van der Waals surface area contributed by atoms with E-state index in [0.29, 0.717) is 16.5 Å². The summed E-state index contributed by atoms with van der Waals surface area (Å²) in [7, 11) is 1.73. The van der Waals surface area contributed by atoms with Gasteiger partial charge in [-0.1, -0.05) is 35.3 Å². The van der Waals surface area contributed by atoms with Gasteiger partial charge in [0.1, 0.15) is 0 Å². The van der Waals surface area contributed by atoms with Crippen LogP contribution in [0, 0.1) is 0 Å². The SMILES string of the molecule is COC1CCC(O)(Cc2cccc(Cl)c2Cl)CC1. The van der Waals surface area contributed by atoms with E-state index in [2.05, 4.69) is 0 Å². The van der Waals surface area contributed by atoms with Crippen molar-refractivity contribution in [3.63, 3.8) is 0 Å². The van der Waals surface area contributed by atoms with E-state index in [-0.39, 0.29) is 6.10 Å². The van der Waals surface area contributed by atoms with Gasteiger partial charge >= 0.3 is 0 Å². The van der Waals surface area contributed by atoms with Crippen molar-refractivity contribution in [2.45, 2.75) is 43.8 Å². The van der Waals surface area contributed by atoms with Gasteiger partial charge in [-0.25, -0.2) is 0 Å². The number of hydrogen-bond donors (Lipinski definition) is 1. The highest BCUT2D eigenvalue weighted by atomic mass is 35.5. The zero-order valence-corrected chi connectivity index (χ0v) is 12.0. The van der Waals surface area contributed by atoms with Crippen molar-refractivity contribution in [3.05, 3.63) is 33.8 Å². The Morgan fingerprint density at radius 1 is 1.33 bits per heavy atom. The Kier molecular flexibility index (Phi) is 4.54. The summed E-state index contributed by atoms with van der Waals surface area (Å²) in [6.07, 6.45) is 4.11. The van der Waals surface area contributed by atoms with Crippen LogP contribution in [0.3, 0.4) is 0 Å². The fraction of sp³-hybridized carbons (Fsp3) is 0.571. The Morgan fingerprint density at radius 3 is 2.61 bits per heavy atom. The first-order chi connectivity index (χ1) is 8.54. The average molecular weight is 289 g/mol. The van der Waals surface area contributed by atoms with Crippen molar-refractivity contribution in [2.24, 2.45) is 0 Å². The van der Waals surface area contributed by atoms with Gasteiger partial charge < -0.3 is 9.84 Å². The van der Waals surface area contributed by atoms with Crippen molar-refractivity contribution < 1.29 is 9.84 Å². The molecule has 1 fully saturated rings. The summed E-state index contributed by atoms with van der Waals surface area (Å²) in [4.78, 5) is 0. The Hall–Kier alpha value is -0.280. The first-order valence-corrected chi connectivity index (χ1v) is 6.98. The maximum Gasteiger partial charge on any atom is 0.0690 e. The van der Waals surface area contributed by atoms with Crippen LogP contribution in [0.2, 0.25) is 10.0 Å². The second kappa shape index (κ2) is 5.79. The molecule has 0 spiro atoms. The van der Waals surface area contributed by atoms with E-state index < -0.39 is 5.60 Å². The van der Waals surface area contributed by atoms with Gasteiger partial charge in [0.15, 0.2) is 0 Å². The minimum Gasteiger partial charge on any atom is -0.390 e. The first-order valence-electron chi connectivity index (χ1n) is 6.22. The van der Waals surface area contributed by atoms with Crippen LogP contribution in [0.1, 0.15) is 31.2 Å². The molecule has 1 aliphatic carbocycles. The van der Waals surface area contributed by atoms with E-state index in [1.165, 1.54) is 0 Å². The standard InChI is InChI=1S/C14H18Cl2O2/c1-18-11-5-7-14(17,8-6-11)9-10-3-2-4-12(15)13(10)16/h2-4,11,17H,5-9H2,1H3. The van der Waals surface area contributed by atoms with Crippen LogP contribution >= 0.6 is 23.2 Å².